The minimum atomic E-state index is -0.212. The monoisotopic (exact) mass is 220 g/mol. The number of ether oxygens (including phenoxy) is 1. The van der Waals surface area contributed by atoms with Crippen molar-refractivity contribution in [1.82, 2.24) is 0 Å². The molecular formula is C12H12O4. The first kappa shape index (κ1) is 10.4. The highest BCUT2D eigenvalue weighted by Crippen LogP contribution is 2.36. The van der Waals surface area contributed by atoms with E-state index in [2.05, 4.69) is 0 Å². The molecule has 0 saturated heterocycles. The number of hydrogen-bond donors (Lipinski definition) is 3. The zero-order valence-electron chi connectivity index (χ0n) is 8.77. The molecule has 0 aliphatic rings. The third kappa shape index (κ3) is 1.69. The van der Waals surface area contributed by atoms with Gasteiger partial charge in [-0.2, -0.15) is 0 Å². The Labute approximate surface area is 92.3 Å². The largest absolute Gasteiger partial charge is 0.504 e. The van der Waals surface area contributed by atoms with E-state index in [1.165, 1.54) is 18.2 Å². The fraction of sp³-hybridized carbons (Fsp3) is 0.167. The molecule has 2 aromatic carbocycles. The third-order valence-corrected chi connectivity index (χ3v) is 2.31. The first-order chi connectivity index (χ1) is 7.61. The molecule has 2 rings (SSSR count). The van der Waals surface area contributed by atoms with Gasteiger partial charge in [-0.15, -0.1) is 0 Å². The third-order valence-electron chi connectivity index (χ3n) is 2.31. The van der Waals surface area contributed by atoms with Gasteiger partial charge in [0.05, 0.1) is 6.61 Å². The van der Waals surface area contributed by atoms with Crippen molar-refractivity contribution >= 4 is 10.8 Å². The maximum Gasteiger partial charge on any atom is 0.161 e. The Balaban J connectivity index is 2.65. The van der Waals surface area contributed by atoms with Crippen LogP contribution in [-0.4, -0.2) is 21.9 Å². The van der Waals surface area contributed by atoms with Gasteiger partial charge in [0, 0.05) is 0 Å². The van der Waals surface area contributed by atoms with Gasteiger partial charge in [0.25, 0.3) is 0 Å². The molecule has 0 fully saturated rings. The van der Waals surface area contributed by atoms with Crippen molar-refractivity contribution in [3.63, 3.8) is 0 Å². The molecule has 0 amide bonds. The fourth-order valence-corrected chi connectivity index (χ4v) is 1.56. The van der Waals surface area contributed by atoms with E-state index in [-0.39, 0.29) is 17.2 Å². The number of benzene rings is 2. The van der Waals surface area contributed by atoms with Gasteiger partial charge in [0.2, 0.25) is 0 Å². The topological polar surface area (TPSA) is 69.9 Å². The lowest BCUT2D eigenvalue weighted by molar-refractivity contribution is 0.319. The van der Waals surface area contributed by atoms with Gasteiger partial charge in [0.1, 0.15) is 0 Å². The van der Waals surface area contributed by atoms with Gasteiger partial charge in [-0.1, -0.05) is 0 Å². The van der Waals surface area contributed by atoms with Crippen molar-refractivity contribution in [3.8, 4) is 23.0 Å². The minimum absolute atomic E-state index is 0.0134. The van der Waals surface area contributed by atoms with Gasteiger partial charge in [-0.3, -0.25) is 0 Å². The van der Waals surface area contributed by atoms with E-state index in [4.69, 9.17) is 4.74 Å². The molecule has 2 aromatic rings. The molecule has 0 radical (unpaired) electrons. The van der Waals surface area contributed by atoms with Crippen LogP contribution in [0.4, 0.5) is 0 Å². The molecule has 0 spiro atoms. The summed E-state index contributed by atoms with van der Waals surface area (Å²) >= 11 is 0. The summed E-state index contributed by atoms with van der Waals surface area (Å²) in [7, 11) is 0. The van der Waals surface area contributed by atoms with Gasteiger partial charge >= 0.3 is 0 Å². The van der Waals surface area contributed by atoms with Gasteiger partial charge < -0.3 is 20.1 Å². The van der Waals surface area contributed by atoms with E-state index < -0.39 is 0 Å². The van der Waals surface area contributed by atoms with E-state index in [0.717, 1.165) is 0 Å². The van der Waals surface area contributed by atoms with Crippen LogP contribution >= 0.6 is 0 Å². The number of hydrogen-bond acceptors (Lipinski definition) is 4. The Bertz CT molecular complexity index is 534. The summed E-state index contributed by atoms with van der Waals surface area (Å²) < 4.78 is 5.22. The van der Waals surface area contributed by atoms with Crippen molar-refractivity contribution in [2.75, 3.05) is 6.61 Å². The zero-order valence-corrected chi connectivity index (χ0v) is 8.77. The van der Waals surface area contributed by atoms with Crippen molar-refractivity contribution < 1.29 is 20.1 Å². The Morgan fingerprint density at radius 3 is 1.94 bits per heavy atom. The summed E-state index contributed by atoms with van der Waals surface area (Å²) in [5, 5.41) is 29.6. The van der Waals surface area contributed by atoms with E-state index >= 15 is 0 Å². The first-order valence-electron chi connectivity index (χ1n) is 4.93. The van der Waals surface area contributed by atoms with Crippen LogP contribution in [0.3, 0.4) is 0 Å². The summed E-state index contributed by atoms with van der Waals surface area (Å²) in [4.78, 5) is 0. The summed E-state index contributed by atoms with van der Waals surface area (Å²) in [6, 6.07) is 5.92. The van der Waals surface area contributed by atoms with Crippen molar-refractivity contribution in [2.45, 2.75) is 6.92 Å². The maximum atomic E-state index is 9.63. The average molecular weight is 220 g/mol. The van der Waals surface area contributed by atoms with Crippen LogP contribution in [0, 0.1) is 0 Å². The first-order valence-corrected chi connectivity index (χ1v) is 4.93. The number of aromatic hydroxyl groups is 3. The van der Waals surface area contributed by atoms with Gasteiger partial charge in [-0.25, -0.2) is 0 Å². The number of fused-ring (bicyclic) bond motifs is 1. The van der Waals surface area contributed by atoms with Crippen LogP contribution in [0.25, 0.3) is 10.8 Å². The molecule has 4 nitrogen and oxygen atoms in total. The Morgan fingerprint density at radius 2 is 1.38 bits per heavy atom. The smallest absolute Gasteiger partial charge is 0.161 e. The molecule has 0 unspecified atom stereocenters. The summed E-state index contributed by atoms with van der Waals surface area (Å²) in [6.45, 7) is 2.26. The molecular weight excluding hydrogens is 208 g/mol. The summed E-state index contributed by atoms with van der Waals surface area (Å²) in [5.74, 6) is -0.0313. The molecule has 16 heavy (non-hydrogen) atoms. The van der Waals surface area contributed by atoms with Crippen molar-refractivity contribution in [3.05, 3.63) is 24.3 Å². The van der Waals surface area contributed by atoms with Crippen LogP contribution < -0.4 is 4.74 Å². The summed E-state index contributed by atoms with van der Waals surface area (Å²) in [5.41, 5.74) is 0. The lowest BCUT2D eigenvalue weighted by Crippen LogP contribution is -1.91. The highest BCUT2D eigenvalue weighted by molar-refractivity contribution is 5.88. The molecule has 84 valence electrons. The predicted molar refractivity (Wildman–Crippen MR) is 60.1 cm³/mol. The van der Waals surface area contributed by atoms with Gasteiger partial charge in [-0.05, 0) is 42.0 Å². The Hall–Kier alpha value is -2.10. The number of phenolic OH excluding ortho intramolecular Hbond substituents is 3. The SMILES string of the molecule is CCOc1cc2cc(O)c(O)cc2cc1O. The van der Waals surface area contributed by atoms with Crippen LogP contribution in [-0.2, 0) is 0 Å². The zero-order chi connectivity index (χ0) is 11.7. The van der Waals surface area contributed by atoms with Crippen molar-refractivity contribution in [1.29, 1.82) is 0 Å². The van der Waals surface area contributed by atoms with E-state index in [0.29, 0.717) is 23.1 Å². The second-order valence-electron chi connectivity index (χ2n) is 3.44. The second kappa shape index (κ2) is 3.81. The molecule has 0 heterocycles. The molecule has 3 N–H and O–H groups in total. The molecule has 0 aliphatic heterocycles. The average Bonchev–Trinajstić information content (AvgIpc) is 2.23. The molecule has 0 bridgehead atoms. The number of phenols is 3. The Kier molecular flexibility index (Phi) is 2.48. The summed E-state index contributed by atoms with van der Waals surface area (Å²) in [6.07, 6.45) is 0. The number of rotatable bonds is 2. The normalized spacial score (nSPS) is 10.6. The van der Waals surface area contributed by atoms with Crippen LogP contribution in [0.15, 0.2) is 24.3 Å². The maximum absolute atomic E-state index is 9.63. The van der Waals surface area contributed by atoms with Crippen molar-refractivity contribution in [2.24, 2.45) is 0 Å². The predicted octanol–water partition coefficient (Wildman–Crippen LogP) is 2.36. The van der Waals surface area contributed by atoms with Crippen LogP contribution in [0.2, 0.25) is 0 Å². The van der Waals surface area contributed by atoms with Crippen LogP contribution in [0.5, 0.6) is 23.0 Å². The molecule has 0 aromatic heterocycles. The molecule has 0 saturated carbocycles. The quantitative estimate of drug-likeness (QED) is 0.679. The van der Waals surface area contributed by atoms with Gasteiger partial charge in [0.15, 0.2) is 23.0 Å². The fourth-order valence-electron chi connectivity index (χ4n) is 1.56. The Morgan fingerprint density at radius 1 is 0.875 bits per heavy atom. The van der Waals surface area contributed by atoms with E-state index in [9.17, 15) is 15.3 Å². The second-order valence-corrected chi connectivity index (χ2v) is 3.44. The highest BCUT2D eigenvalue weighted by Gasteiger charge is 2.07. The minimum Gasteiger partial charge on any atom is -0.504 e. The van der Waals surface area contributed by atoms with E-state index in [1.807, 2.05) is 6.92 Å². The van der Waals surface area contributed by atoms with Crippen LogP contribution in [0.1, 0.15) is 6.92 Å². The lowest BCUT2D eigenvalue weighted by Gasteiger charge is -2.08. The van der Waals surface area contributed by atoms with E-state index in [1.54, 1.807) is 6.07 Å². The standard InChI is InChI=1S/C12H12O4/c1-2-16-12-6-8-4-10(14)9(13)3-7(8)5-11(12)15/h3-6,13-15H,2H2,1H3. The lowest BCUT2D eigenvalue weighted by atomic mass is 10.1. The molecule has 4 heteroatoms. The molecule has 0 aliphatic carbocycles. The highest BCUT2D eigenvalue weighted by atomic mass is 16.5. The molecule has 0 atom stereocenters.